The third-order valence-electron chi connectivity index (χ3n) is 8.92. The van der Waals surface area contributed by atoms with Gasteiger partial charge in [0.25, 0.3) is 0 Å². The standard InChI is InChI=1S/C26H48/c1-21-9-3-5-13-25(21)15-7-11-23-17-19-24(20-18-23)12-8-16-26-14-6-4-10-22(26)2/h21-26H,3-20H2,1-2H3/t21-,22?,23?,24?,25?,26?/m0/s1. The molecule has 0 aromatic carbocycles. The molecule has 3 unspecified atom stereocenters. The van der Waals surface area contributed by atoms with Crippen molar-refractivity contribution in [1.82, 2.24) is 0 Å². The van der Waals surface area contributed by atoms with Crippen molar-refractivity contribution in [2.75, 3.05) is 0 Å². The maximum atomic E-state index is 2.52. The van der Waals surface area contributed by atoms with Crippen LogP contribution in [-0.4, -0.2) is 0 Å². The molecule has 0 heterocycles. The maximum absolute atomic E-state index is 2.52. The Balaban J connectivity index is 1.22. The predicted molar refractivity (Wildman–Crippen MR) is 115 cm³/mol. The van der Waals surface area contributed by atoms with Crippen molar-refractivity contribution in [3.63, 3.8) is 0 Å². The largest absolute Gasteiger partial charge is 0.0622 e. The van der Waals surface area contributed by atoms with Gasteiger partial charge in [0.15, 0.2) is 0 Å². The Labute approximate surface area is 165 Å². The lowest BCUT2D eigenvalue weighted by Gasteiger charge is -2.32. The Morgan fingerprint density at radius 1 is 0.462 bits per heavy atom. The summed E-state index contributed by atoms with van der Waals surface area (Å²) in [6, 6.07) is 0. The molecule has 3 saturated carbocycles. The first-order valence-electron chi connectivity index (χ1n) is 12.7. The lowest BCUT2D eigenvalue weighted by molar-refractivity contribution is 0.204. The van der Waals surface area contributed by atoms with Crippen LogP contribution in [0.15, 0.2) is 0 Å². The first-order chi connectivity index (χ1) is 12.7. The summed E-state index contributed by atoms with van der Waals surface area (Å²) in [5.74, 6) is 6.36. The van der Waals surface area contributed by atoms with Gasteiger partial charge in [0.1, 0.15) is 0 Å². The highest BCUT2D eigenvalue weighted by Gasteiger charge is 2.25. The Morgan fingerprint density at radius 2 is 0.846 bits per heavy atom. The third kappa shape index (κ3) is 6.56. The second kappa shape index (κ2) is 11.1. The molecule has 3 rings (SSSR count). The molecule has 26 heavy (non-hydrogen) atoms. The zero-order valence-corrected chi connectivity index (χ0v) is 18.2. The van der Waals surface area contributed by atoms with E-state index < -0.39 is 0 Å². The molecule has 0 amide bonds. The van der Waals surface area contributed by atoms with Crippen molar-refractivity contribution in [1.29, 1.82) is 0 Å². The van der Waals surface area contributed by atoms with E-state index in [-0.39, 0.29) is 0 Å². The van der Waals surface area contributed by atoms with Crippen LogP contribution in [0.2, 0.25) is 0 Å². The predicted octanol–water partition coefficient (Wildman–Crippen LogP) is 8.79. The van der Waals surface area contributed by atoms with E-state index in [1.54, 1.807) is 51.4 Å². The second-order valence-corrected chi connectivity index (χ2v) is 10.8. The van der Waals surface area contributed by atoms with Crippen molar-refractivity contribution < 1.29 is 0 Å². The molecule has 0 aromatic heterocycles. The second-order valence-electron chi connectivity index (χ2n) is 10.8. The van der Waals surface area contributed by atoms with Crippen LogP contribution in [0.1, 0.15) is 129 Å². The van der Waals surface area contributed by atoms with Gasteiger partial charge in [0.05, 0.1) is 0 Å². The van der Waals surface area contributed by atoms with E-state index in [0.29, 0.717) is 0 Å². The van der Waals surface area contributed by atoms with Gasteiger partial charge in [-0.3, -0.25) is 0 Å². The average Bonchev–Trinajstić information content (AvgIpc) is 2.66. The average molecular weight is 361 g/mol. The van der Waals surface area contributed by atoms with Crippen LogP contribution < -0.4 is 0 Å². The Bertz CT molecular complexity index is 328. The van der Waals surface area contributed by atoms with Crippen LogP contribution in [0.3, 0.4) is 0 Å². The minimum absolute atomic E-state index is 1.02. The summed E-state index contributed by atoms with van der Waals surface area (Å²) in [5, 5.41) is 0. The van der Waals surface area contributed by atoms with Crippen LogP contribution in [-0.2, 0) is 0 Å². The van der Waals surface area contributed by atoms with Gasteiger partial charge < -0.3 is 0 Å². The van der Waals surface area contributed by atoms with Crippen molar-refractivity contribution >= 4 is 0 Å². The van der Waals surface area contributed by atoms with Gasteiger partial charge in [-0.25, -0.2) is 0 Å². The van der Waals surface area contributed by atoms with Crippen molar-refractivity contribution in [3.8, 4) is 0 Å². The van der Waals surface area contributed by atoms with Crippen molar-refractivity contribution in [2.45, 2.75) is 129 Å². The first-order valence-corrected chi connectivity index (χ1v) is 12.7. The summed E-state index contributed by atoms with van der Waals surface area (Å²) in [4.78, 5) is 0. The quantitative estimate of drug-likeness (QED) is 0.405. The number of hydrogen-bond donors (Lipinski definition) is 0. The van der Waals surface area contributed by atoms with Crippen LogP contribution in [0.4, 0.5) is 0 Å². The third-order valence-corrected chi connectivity index (χ3v) is 8.92. The van der Waals surface area contributed by atoms with E-state index in [1.807, 2.05) is 0 Å². The van der Waals surface area contributed by atoms with E-state index in [2.05, 4.69) is 13.8 Å². The van der Waals surface area contributed by atoms with Crippen LogP contribution in [0.5, 0.6) is 0 Å². The van der Waals surface area contributed by atoms with Gasteiger partial charge >= 0.3 is 0 Å². The highest BCUT2D eigenvalue weighted by molar-refractivity contribution is 4.77. The molecule has 4 atom stereocenters. The Morgan fingerprint density at radius 3 is 1.23 bits per heavy atom. The molecule has 0 bridgehead atoms. The molecule has 3 fully saturated rings. The zero-order valence-electron chi connectivity index (χ0n) is 18.2. The lowest BCUT2D eigenvalue weighted by Crippen LogP contribution is -2.19. The lowest BCUT2D eigenvalue weighted by atomic mass is 9.74. The van der Waals surface area contributed by atoms with Gasteiger partial charge in [-0.1, -0.05) is 129 Å². The van der Waals surface area contributed by atoms with Gasteiger partial charge in [-0.15, -0.1) is 0 Å². The highest BCUT2D eigenvalue weighted by Crippen LogP contribution is 2.38. The molecule has 152 valence electrons. The number of rotatable bonds is 8. The van der Waals surface area contributed by atoms with Crippen LogP contribution in [0.25, 0.3) is 0 Å². The molecular weight excluding hydrogens is 312 g/mol. The van der Waals surface area contributed by atoms with E-state index >= 15 is 0 Å². The first kappa shape index (κ1) is 20.7. The smallest absolute Gasteiger partial charge is 0.0388 e. The van der Waals surface area contributed by atoms with Crippen molar-refractivity contribution in [3.05, 3.63) is 0 Å². The molecule has 0 N–H and O–H groups in total. The van der Waals surface area contributed by atoms with Crippen LogP contribution in [0, 0.1) is 35.5 Å². The van der Waals surface area contributed by atoms with E-state index in [1.165, 1.54) is 64.2 Å². The fourth-order valence-electron chi connectivity index (χ4n) is 6.79. The summed E-state index contributed by atoms with van der Waals surface area (Å²) in [7, 11) is 0. The molecular formula is C26H48. The zero-order chi connectivity index (χ0) is 18.2. The topological polar surface area (TPSA) is 0 Å². The monoisotopic (exact) mass is 360 g/mol. The normalized spacial score (nSPS) is 39.0. The molecule has 0 nitrogen and oxygen atoms in total. The van der Waals surface area contributed by atoms with Crippen LogP contribution >= 0.6 is 0 Å². The minimum atomic E-state index is 1.02. The molecule has 0 aromatic rings. The molecule has 3 aliphatic rings. The van der Waals surface area contributed by atoms with Gasteiger partial charge in [-0.2, -0.15) is 0 Å². The van der Waals surface area contributed by atoms with Gasteiger partial charge in [-0.05, 0) is 35.5 Å². The van der Waals surface area contributed by atoms with Gasteiger partial charge in [0, 0.05) is 0 Å². The SMILES string of the molecule is CC1CCCCC1CCCC1CCC(CCCC2CCCC[C@@H]2C)CC1. The molecule has 0 spiro atoms. The van der Waals surface area contributed by atoms with E-state index in [0.717, 1.165) is 35.5 Å². The summed E-state index contributed by atoms with van der Waals surface area (Å²) < 4.78 is 0. The molecule has 0 aliphatic heterocycles. The molecule has 0 saturated heterocycles. The maximum Gasteiger partial charge on any atom is -0.0388 e. The molecule has 0 radical (unpaired) electrons. The van der Waals surface area contributed by atoms with E-state index in [4.69, 9.17) is 0 Å². The summed E-state index contributed by atoms with van der Waals surface area (Å²) in [5.41, 5.74) is 0. The summed E-state index contributed by atoms with van der Waals surface area (Å²) >= 11 is 0. The van der Waals surface area contributed by atoms with E-state index in [9.17, 15) is 0 Å². The van der Waals surface area contributed by atoms with Gasteiger partial charge in [0.2, 0.25) is 0 Å². The fourth-order valence-corrected chi connectivity index (χ4v) is 6.79. The highest BCUT2D eigenvalue weighted by atomic mass is 14.3. The Kier molecular flexibility index (Phi) is 8.86. The number of hydrogen-bond acceptors (Lipinski definition) is 0. The Hall–Kier alpha value is 0. The minimum Gasteiger partial charge on any atom is -0.0622 e. The molecule has 3 aliphatic carbocycles. The van der Waals surface area contributed by atoms with Crippen molar-refractivity contribution in [2.24, 2.45) is 35.5 Å². The fraction of sp³-hybridized carbons (Fsp3) is 1.00. The summed E-state index contributed by atoms with van der Waals surface area (Å²) in [6.07, 6.45) is 27.6. The molecule has 0 heteroatoms. The summed E-state index contributed by atoms with van der Waals surface area (Å²) in [6.45, 7) is 5.03.